The lowest BCUT2D eigenvalue weighted by Gasteiger charge is -2.11. The Kier molecular flexibility index (Phi) is 4.49. The molecule has 0 aliphatic heterocycles. The van der Waals surface area contributed by atoms with Gasteiger partial charge in [0.05, 0.1) is 0 Å². The third kappa shape index (κ3) is 3.46. The molecule has 2 aromatic rings. The van der Waals surface area contributed by atoms with Crippen molar-refractivity contribution in [1.29, 1.82) is 0 Å². The fourth-order valence-corrected chi connectivity index (χ4v) is 3.84. The van der Waals surface area contributed by atoms with Crippen LogP contribution in [0.15, 0.2) is 64.0 Å². The molecule has 104 valence electrons. The fraction of sp³-hybridized carbons (Fsp3) is 0.294. The van der Waals surface area contributed by atoms with Crippen LogP contribution in [0.25, 0.3) is 0 Å². The van der Waals surface area contributed by atoms with Crippen molar-refractivity contribution in [2.75, 3.05) is 5.75 Å². The zero-order valence-corrected chi connectivity index (χ0v) is 13.6. The number of rotatable bonds is 5. The van der Waals surface area contributed by atoms with Crippen molar-refractivity contribution in [3.05, 3.63) is 64.6 Å². The Morgan fingerprint density at radius 3 is 2.50 bits per heavy atom. The van der Waals surface area contributed by atoms with E-state index in [1.54, 1.807) is 0 Å². The highest BCUT2D eigenvalue weighted by molar-refractivity contribution is 9.10. The quantitative estimate of drug-likeness (QED) is 0.795. The summed E-state index contributed by atoms with van der Waals surface area (Å²) < 4.78 is 1.12. The van der Waals surface area contributed by atoms with Gasteiger partial charge in [0.15, 0.2) is 0 Å². The van der Waals surface area contributed by atoms with Crippen LogP contribution >= 0.6 is 27.7 Å². The smallest absolute Gasteiger partial charge is 0.0176 e. The third-order valence-electron chi connectivity index (χ3n) is 3.87. The number of halogens is 1. The highest BCUT2D eigenvalue weighted by Gasteiger charge is 2.42. The Labute approximate surface area is 133 Å². The Balaban J connectivity index is 1.51. The largest absolute Gasteiger partial charge is 0.327 e. The van der Waals surface area contributed by atoms with E-state index in [2.05, 4.69) is 70.5 Å². The number of nitrogens with two attached hydrogens (primary N) is 1. The molecule has 0 bridgehead atoms. The Morgan fingerprint density at radius 1 is 1.10 bits per heavy atom. The molecule has 1 saturated carbocycles. The van der Waals surface area contributed by atoms with Crippen molar-refractivity contribution in [2.45, 2.75) is 23.3 Å². The van der Waals surface area contributed by atoms with Crippen LogP contribution in [0.2, 0.25) is 0 Å². The monoisotopic (exact) mass is 347 g/mol. The van der Waals surface area contributed by atoms with Crippen molar-refractivity contribution >= 4 is 27.7 Å². The molecule has 2 aromatic carbocycles. The average Bonchev–Trinajstić information content (AvgIpc) is 3.28. The first-order valence-corrected chi connectivity index (χ1v) is 8.71. The summed E-state index contributed by atoms with van der Waals surface area (Å²) in [7, 11) is 0. The van der Waals surface area contributed by atoms with Gasteiger partial charge in [-0.15, -0.1) is 11.8 Å². The molecular weight excluding hydrogens is 330 g/mol. The third-order valence-corrected chi connectivity index (χ3v) is 5.56. The summed E-state index contributed by atoms with van der Waals surface area (Å²) in [5, 5.41) is 0. The second-order valence-electron chi connectivity index (χ2n) is 5.35. The molecule has 1 fully saturated rings. The molecule has 1 nitrogen and oxygen atoms in total. The molecule has 2 N–H and O–H groups in total. The van der Waals surface area contributed by atoms with E-state index in [-0.39, 0.29) is 6.04 Å². The van der Waals surface area contributed by atoms with Crippen LogP contribution in [0.4, 0.5) is 0 Å². The first kappa shape index (κ1) is 14.2. The molecule has 0 radical (unpaired) electrons. The van der Waals surface area contributed by atoms with Gasteiger partial charge >= 0.3 is 0 Å². The van der Waals surface area contributed by atoms with Crippen molar-refractivity contribution in [1.82, 2.24) is 0 Å². The standard InChI is InChI=1S/C17H18BrNS/c18-13-6-8-14(9-7-13)20-11-17(19)16-10-15(16)12-4-2-1-3-5-12/h1-9,15-17H,10-11,19H2. The first-order valence-electron chi connectivity index (χ1n) is 6.93. The van der Waals surface area contributed by atoms with Gasteiger partial charge in [0.2, 0.25) is 0 Å². The van der Waals surface area contributed by atoms with Crippen molar-refractivity contribution < 1.29 is 0 Å². The van der Waals surface area contributed by atoms with Gasteiger partial charge in [-0.3, -0.25) is 0 Å². The van der Waals surface area contributed by atoms with Crippen molar-refractivity contribution in [3.8, 4) is 0 Å². The van der Waals surface area contributed by atoms with Gasteiger partial charge in [-0.1, -0.05) is 46.3 Å². The summed E-state index contributed by atoms with van der Waals surface area (Å²) in [6.07, 6.45) is 1.24. The second-order valence-corrected chi connectivity index (χ2v) is 7.35. The van der Waals surface area contributed by atoms with E-state index in [0.717, 1.165) is 10.2 Å². The molecule has 0 saturated heterocycles. The van der Waals surface area contributed by atoms with E-state index in [1.807, 2.05) is 11.8 Å². The topological polar surface area (TPSA) is 26.0 Å². The lowest BCUT2D eigenvalue weighted by molar-refractivity contribution is 0.640. The molecule has 0 aromatic heterocycles. The number of thioether (sulfide) groups is 1. The van der Waals surface area contributed by atoms with Gasteiger partial charge in [-0.25, -0.2) is 0 Å². The van der Waals surface area contributed by atoms with Crippen molar-refractivity contribution in [3.63, 3.8) is 0 Å². The minimum absolute atomic E-state index is 0.286. The van der Waals surface area contributed by atoms with Crippen LogP contribution < -0.4 is 5.73 Å². The van der Waals surface area contributed by atoms with Crippen LogP contribution in [0, 0.1) is 5.92 Å². The number of benzene rings is 2. The van der Waals surface area contributed by atoms with Gasteiger partial charge in [0, 0.05) is 21.2 Å². The predicted octanol–water partition coefficient (Wildman–Crippen LogP) is 4.67. The number of hydrogen-bond acceptors (Lipinski definition) is 2. The maximum Gasteiger partial charge on any atom is 0.0176 e. The highest BCUT2D eigenvalue weighted by atomic mass is 79.9. The molecular formula is C17H18BrNS. The van der Waals surface area contributed by atoms with Crippen LogP contribution in [0.3, 0.4) is 0 Å². The Morgan fingerprint density at radius 2 is 1.80 bits per heavy atom. The summed E-state index contributed by atoms with van der Waals surface area (Å²) in [5.74, 6) is 2.33. The molecule has 3 rings (SSSR count). The molecule has 20 heavy (non-hydrogen) atoms. The maximum atomic E-state index is 6.35. The van der Waals surface area contributed by atoms with Crippen LogP contribution in [0.1, 0.15) is 17.9 Å². The SMILES string of the molecule is NC(CSc1ccc(Br)cc1)C1CC1c1ccccc1. The zero-order valence-electron chi connectivity index (χ0n) is 11.2. The van der Waals surface area contributed by atoms with E-state index in [4.69, 9.17) is 5.73 Å². The van der Waals surface area contributed by atoms with E-state index in [0.29, 0.717) is 11.8 Å². The lowest BCUT2D eigenvalue weighted by Crippen LogP contribution is -2.25. The average molecular weight is 348 g/mol. The predicted molar refractivity (Wildman–Crippen MR) is 90.1 cm³/mol. The van der Waals surface area contributed by atoms with Crippen molar-refractivity contribution in [2.24, 2.45) is 11.7 Å². The van der Waals surface area contributed by atoms with Gasteiger partial charge in [0.1, 0.15) is 0 Å². The highest BCUT2D eigenvalue weighted by Crippen LogP contribution is 2.49. The molecule has 0 amide bonds. The minimum atomic E-state index is 0.286. The fourth-order valence-electron chi connectivity index (χ4n) is 2.62. The summed E-state index contributed by atoms with van der Waals surface area (Å²) in [6.45, 7) is 0. The van der Waals surface area contributed by atoms with Gasteiger partial charge in [-0.2, -0.15) is 0 Å². The summed E-state index contributed by atoms with van der Waals surface area (Å²) in [6, 6.07) is 19.5. The molecule has 1 aliphatic rings. The Hall–Kier alpha value is -0.770. The summed E-state index contributed by atoms with van der Waals surface area (Å²) in [4.78, 5) is 1.29. The lowest BCUT2D eigenvalue weighted by atomic mass is 10.1. The van der Waals surface area contributed by atoms with E-state index in [1.165, 1.54) is 16.9 Å². The molecule has 3 heteroatoms. The molecule has 0 spiro atoms. The Bertz CT molecular complexity index is 555. The van der Waals surface area contributed by atoms with Gasteiger partial charge in [-0.05, 0) is 48.1 Å². The second kappa shape index (κ2) is 6.33. The normalized spacial score (nSPS) is 22.5. The summed E-state index contributed by atoms with van der Waals surface area (Å²) >= 11 is 5.32. The molecule has 1 aliphatic carbocycles. The van der Waals surface area contributed by atoms with Gasteiger partial charge in [0.25, 0.3) is 0 Å². The molecule has 3 unspecified atom stereocenters. The van der Waals surface area contributed by atoms with Crippen LogP contribution in [-0.4, -0.2) is 11.8 Å². The van der Waals surface area contributed by atoms with Crippen LogP contribution in [0.5, 0.6) is 0 Å². The first-order chi connectivity index (χ1) is 9.74. The van der Waals surface area contributed by atoms with E-state index >= 15 is 0 Å². The minimum Gasteiger partial charge on any atom is -0.327 e. The van der Waals surface area contributed by atoms with Gasteiger partial charge < -0.3 is 5.73 Å². The molecule has 0 heterocycles. The number of hydrogen-bond donors (Lipinski definition) is 1. The molecule has 3 atom stereocenters. The van der Waals surface area contributed by atoms with E-state index < -0.39 is 0 Å². The van der Waals surface area contributed by atoms with E-state index in [9.17, 15) is 0 Å². The zero-order chi connectivity index (χ0) is 13.9. The van der Waals surface area contributed by atoms with Crippen LogP contribution in [-0.2, 0) is 0 Å². The summed E-state index contributed by atoms with van der Waals surface area (Å²) in [5.41, 5.74) is 7.80. The maximum absolute atomic E-state index is 6.35.